The maximum absolute atomic E-state index is 12.0. The second kappa shape index (κ2) is 11.1. The zero-order chi connectivity index (χ0) is 26.8. The molecule has 0 bridgehead atoms. The number of rotatable bonds is 7. The average Bonchev–Trinajstić information content (AvgIpc) is 3.52. The number of nitrogens with one attached hydrogen (secondary N) is 2. The molecule has 1 aliphatic rings. The third-order valence-corrected chi connectivity index (χ3v) is 7.29. The lowest BCUT2D eigenvalue weighted by molar-refractivity contribution is -0.119. The standard InChI is InChI=1S/C28H24Cl2N4O3S/c1-16-6-7-17(13-19(16)29)23-10-11-24(37-23)27-26(22-5-3-4-12-31-22)33-28(38)34(27)18-8-9-21(20(30)14-18)32-25(35)15-36-2/h3-14,26-27H,15H2,1-2H3,(H,32,35)(H,33,38)/t26-,27-/m1/s1. The third-order valence-electron chi connectivity index (χ3n) is 6.25. The summed E-state index contributed by atoms with van der Waals surface area (Å²) in [6.45, 7) is 1.89. The number of aromatic nitrogens is 1. The van der Waals surface area contributed by atoms with E-state index < -0.39 is 0 Å². The predicted molar refractivity (Wildman–Crippen MR) is 154 cm³/mol. The zero-order valence-electron chi connectivity index (χ0n) is 20.6. The molecule has 0 unspecified atom stereocenters. The van der Waals surface area contributed by atoms with Crippen molar-refractivity contribution in [3.63, 3.8) is 0 Å². The number of pyridine rings is 1. The SMILES string of the molecule is COCC(=O)Nc1ccc(N2C(=S)N[C@H](c3ccccn3)[C@H]2c2ccc(-c3ccc(C)c(Cl)c3)o2)cc1Cl. The number of carbonyl (C=O) groups excluding carboxylic acids is 1. The quantitative estimate of drug-likeness (QED) is 0.240. The molecule has 1 amide bonds. The van der Waals surface area contributed by atoms with E-state index in [2.05, 4.69) is 15.6 Å². The van der Waals surface area contributed by atoms with Crippen LogP contribution in [-0.4, -0.2) is 29.7 Å². The number of hydrogen-bond donors (Lipinski definition) is 2. The van der Waals surface area contributed by atoms with Crippen molar-refractivity contribution in [3.05, 3.63) is 100.0 Å². The van der Waals surface area contributed by atoms with Crippen LogP contribution in [0.5, 0.6) is 0 Å². The number of aryl methyl sites for hydroxylation is 1. The van der Waals surface area contributed by atoms with Crippen molar-refractivity contribution in [3.8, 4) is 11.3 Å². The molecule has 1 aliphatic heterocycles. The Balaban J connectivity index is 1.54. The average molecular weight is 567 g/mol. The van der Waals surface area contributed by atoms with E-state index in [9.17, 15) is 4.79 Å². The molecule has 38 heavy (non-hydrogen) atoms. The summed E-state index contributed by atoms with van der Waals surface area (Å²) in [4.78, 5) is 18.5. The van der Waals surface area contributed by atoms with Crippen molar-refractivity contribution in [2.45, 2.75) is 19.0 Å². The summed E-state index contributed by atoms with van der Waals surface area (Å²) >= 11 is 18.7. The monoisotopic (exact) mass is 566 g/mol. The molecule has 2 aromatic carbocycles. The van der Waals surface area contributed by atoms with Gasteiger partial charge in [0.1, 0.15) is 24.2 Å². The number of furan rings is 1. The molecule has 1 saturated heterocycles. The number of halogens is 2. The van der Waals surface area contributed by atoms with Crippen molar-refractivity contribution in [2.24, 2.45) is 0 Å². The maximum Gasteiger partial charge on any atom is 0.250 e. The molecule has 0 radical (unpaired) electrons. The fourth-order valence-corrected chi connectivity index (χ4v) is 5.16. The number of nitrogens with zero attached hydrogens (tertiary/aromatic N) is 2. The molecular formula is C28H24Cl2N4O3S. The summed E-state index contributed by atoms with van der Waals surface area (Å²) in [5.41, 5.74) is 3.89. The molecule has 2 N–H and O–H groups in total. The lowest BCUT2D eigenvalue weighted by atomic mass is 10.0. The Hall–Kier alpha value is -3.43. The molecule has 194 valence electrons. The Bertz CT molecular complexity index is 1490. The van der Waals surface area contributed by atoms with E-state index in [0.717, 1.165) is 22.5 Å². The lowest BCUT2D eigenvalue weighted by Crippen LogP contribution is -2.29. The Kier molecular flexibility index (Phi) is 7.67. The minimum absolute atomic E-state index is 0.0704. The number of methoxy groups -OCH3 is 1. The number of amides is 1. The van der Waals surface area contributed by atoms with Crippen LogP contribution < -0.4 is 15.5 Å². The molecule has 4 aromatic rings. The second-order valence-electron chi connectivity index (χ2n) is 8.81. The molecule has 3 heterocycles. The Morgan fingerprint density at radius 3 is 2.68 bits per heavy atom. The normalized spacial score (nSPS) is 16.9. The van der Waals surface area contributed by atoms with Crippen LogP contribution >= 0.6 is 35.4 Å². The smallest absolute Gasteiger partial charge is 0.250 e. The van der Waals surface area contributed by atoms with Crippen molar-refractivity contribution in [1.29, 1.82) is 0 Å². The molecule has 5 rings (SSSR count). The number of benzene rings is 2. The number of anilines is 2. The summed E-state index contributed by atoms with van der Waals surface area (Å²) < 4.78 is 11.3. The van der Waals surface area contributed by atoms with Crippen LogP contribution in [0.15, 0.2) is 77.3 Å². The first kappa shape index (κ1) is 26.2. The summed E-state index contributed by atoms with van der Waals surface area (Å²) in [6, 6.07) is 20.1. The van der Waals surface area contributed by atoms with Gasteiger partial charge in [-0.2, -0.15) is 0 Å². The fourth-order valence-electron chi connectivity index (χ4n) is 4.41. The highest BCUT2D eigenvalue weighted by Crippen LogP contribution is 2.44. The summed E-state index contributed by atoms with van der Waals surface area (Å²) in [7, 11) is 1.46. The number of thiocarbonyl (C=S) groups is 1. The largest absolute Gasteiger partial charge is 0.459 e. The van der Waals surface area contributed by atoms with Crippen molar-refractivity contribution >= 4 is 57.8 Å². The maximum atomic E-state index is 12.0. The van der Waals surface area contributed by atoms with Crippen molar-refractivity contribution < 1.29 is 13.9 Å². The molecule has 7 nitrogen and oxygen atoms in total. The molecule has 10 heteroatoms. The predicted octanol–water partition coefficient (Wildman–Crippen LogP) is 6.72. The van der Waals surface area contributed by atoms with Gasteiger partial charge < -0.3 is 24.7 Å². The molecule has 0 spiro atoms. The van der Waals surface area contributed by atoms with Crippen LogP contribution in [0.2, 0.25) is 10.0 Å². The molecule has 2 aromatic heterocycles. The van der Waals surface area contributed by atoms with Gasteiger partial charge in [-0.25, -0.2) is 0 Å². The van der Waals surface area contributed by atoms with Gasteiger partial charge in [0.05, 0.1) is 22.4 Å². The van der Waals surface area contributed by atoms with Gasteiger partial charge in [0.25, 0.3) is 0 Å². The van der Waals surface area contributed by atoms with E-state index in [0.29, 0.717) is 32.4 Å². The van der Waals surface area contributed by atoms with Crippen LogP contribution in [-0.2, 0) is 9.53 Å². The highest BCUT2D eigenvalue weighted by atomic mass is 35.5. The highest BCUT2D eigenvalue weighted by molar-refractivity contribution is 7.80. The summed E-state index contributed by atoms with van der Waals surface area (Å²) in [5, 5.41) is 7.68. The highest BCUT2D eigenvalue weighted by Gasteiger charge is 2.42. The van der Waals surface area contributed by atoms with Gasteiger partial charge in [-0.15, -0.1) is 0 Å². The Labute approximate surface area is 235 Å². The van der Waals surface area contributed by atoms with Gasteiger partial charge in [-0.3, -0.25) is 9.78 Å². The van der Waals surface area contributed by atoms with Crippen molar-refractivity contribution in [1.82, 2.24) is 10.3 Å². The number of hydrogen-bond acceptors (Lipinski definition) is 5. The van der Waals surface area contributed by atoms with E-state index in [1.165, 1.54) is 7.11 Å². The minimum Gasteiger partial charge on any atom is -0.459 e. The van der Waals surface area contributed by atoms with Gasteiger partial charge in [0.15, 0.2) is 5.11 Å². The van der Waals surface area contributed by atoms with E-state index >= 15 is 0 Å². The van der Waals surface area contributed by atoms with E-state index in [1.807, 2.05) is 66.4 Å². The fraction of sp³-hybridized carbons (Fsp3) is 0.179. The first-order chi connectivity index (χ1) is 18.4. The van der Waals surface area contributed by atoms with Gasteiger partial charge in [-0.1, -0.05) is 41.4 Å². The van der Waals surface area contributed by atoms with Crippen molar-refractivity contribution in [2.75, 3.05) is 23.9 Å². The van der Waals surface area contributed by atoms with E-state index in [-0.39, 0.29) is 24.6 Å². The molecule has 2 atom stereocenters. The number of carbonyl (C=O) groups is 1. The lowest BCUT2D eigenvalue weighted by Gasteiger charge is -2.26. The minimum atomic E-state index is -0.364. The zero-order valence-corrected chi connectivity index (χ0v) is 22.9. The Morgan fingerprint density at radius 2 is 1.97 bits per heavy atom. The first-order valence-corrected chi connectivity index (χ1v) is 13.0. The Morgan fingerprint density at radius 1 is 1.13 bits per heavy atom. The molecule has 1 fully saturated rings. The van der Waals surface area contributed by atoms with Crippen LogP contribution in [0.1, 0.15) is 29.1 Å². The van der Waals surface area contributed by atoms with Gasteiger partial charge in [-0.05, 0) is 73.2 Å². The number of ether oxygens (including phenoxy) is 1. The molecular weight excluding hydrogens is 543 g/mol. The van der Waals surface area contributed by atoms with E-state index in [4.69, 9.17) is 44.6 Å². The van der Waals surface area contributed by atoms with Crippen LogP contribution in [0.3, 0.4) is 0 Å². The second-order valence-corrected chi connectivity index (χ2v) is 10.0. The van der Waals surface area contributed by atoms with E-state index in [1.54, 1.807) is 18.3 Å². The van der Waals surface area contributed by atoms with Gasteiger partial charge >= 0.3 is 0 Å². The summed E-state index contributed by atoms with van der Waals surface area (Å²) in [6.07, 6.45) is 1.75. The molecule has 0 aliphatic carbocycles. The first-order valence-electron chi connectivity index (χ1n) is 11.8. The topological polar surface area (TPSA) is 79.6 Å². The van der Waals surface area contributed by atoms with Gasteiger partial charge in [0, 0.05) is 29.6 Å². The third kappa shape index (κ3) is 5.26. The van der Waals surface area contributed by atoms with Crippen LogP contribution in [0, 0.1) is 6.92 Å². The molecule has 0 saturated carbocycles. The van der Waals surface area contributed by atoms with Crippen LogP contribution in [0.4, 0.5) is 11.4 Å². The van der Waals surface area contributed by atoms with Gasteiger partial charge in [0.2, 0.25) is 5.91 Å². The summed E-state index contributed by atoms with van der Waals surface area (Å²) in [5.74, 6) is 1.08. The van der Waals surface area contributed by atoms with Crippen LogP contribution in [0.25, 0.3) is 11.3 Å².